The SMILES string of the molecule is Cc1cccc(C)c1NC(=O)CN1C(=O)SC(=Cc2cc(Cl)ccc2O)C1=O. The van der Waals surface area contributed by atoms with E-state index in [1.807, 2.05) is 32.0 Å². The molecule has 0 unspecified atom stereocenters. The van der Waals surface area contributed by atoms with Crippen LogP contribution in [0.25, 0.3) is 6.08 Å². The van der Waals surface area contributed by atoms with Gasteiger partial charge < -0.3 is 10.4 Å². The van der Waals surface area contributed by atoms with Crippen molar-refractivity contribution in [3.05, 3.63) is 63.0 Å². The van der Waals surface area contributed by atoms with E-state index in [4.69, 9.17) is 11.6 Å². The first-order valence-electron chi connectivity index (χ1n) is 8.36. The average molecular weight is 417 g/mol. The topological polar surface area (TPSA) is 86.7 Å². The molecule has 0 atom stereocenters. The number of aromatic hydroxyl groups is 1. The number of rotatable bonds is 4. The van der Waals surface area contributed by atoms with Gasteiger partial charge in [0.25, 0.3) is 11.1 Å². The lowest BCUT2D eigenvalue weighted by Gasteiger charge is -2.15. The van der Waals surface area contributed by atoms with E-state index in [9.17, 15) is 19.5 Å². The fourth-order valence-electron chi connectivity index (χ4n) is 2.75. The van der Waals surface area contributed by atoms with Gasteiger partial charge in [0.1, 0.15) is 12.3 Å². The Balaban J connectivity index is 1.76. The normalized spacial score (nSPS) is 15.4. The fraction of sp³-hybridized carbons (Fsp3) is 0.150. The quantitative estimate of drug-likeness (QED) is 0.724. The van der Waals surface area contributed by atoms with E-state index in [1.165, 1.54) is 24.3 Å². The molecule has 0 radical (unpaired) electrons. The van der Waals surface area contributed by atoms with Crippen LogP contribution in [-0.2, 0) is 9.59 Å². The van der Waals surface area contributed by atoms with Gasteiger partial charge in [0.2, 0.25) is 5.91 Å². The van der Waals surface area contributed by atoms with Gasteiger partial charge in [0.15, 0.2) is 0 Å². The Hall–Kier alpha value is -2.77. The summed E-state index contributed by atoms with van der Waals surface area (Å²) < 4.78 is 0. The molecule has 1 fully saturated rings. The third kappa shape index (κ3) is 4.21. The number of imide groups is 1. The molecule has 3 rings (SSSR count). The summed E-state index contributed by atoms with van der Waals surface area (Å²) in [6.45, 7) is 3.34. The number of amides is 3. The second-order valence-corrected chi connectivity index (χ2v) is 7.72. The Morgan fingerprint density at radius 2 is 1.89 bits per heavy atom. The summed E-state index contributed by atoms with van der Waals surface area (Å²) in [4.78, 5) is 38.2. The molecule has 144 valence electrons. The largest absolute Gasteiger partial charge is 0.507 e. The Labute approximate surface area is 171 Å². The van der Waals surface area contributed by atoms with Gasteiger partial charge in [-0.25, -0.2) is 0 Å². The van der Waals surface area contributed by atoms with Crippen LogP contribution in [0.2, 0.25) is 5.02 Å². The van der Waals surface area contributed by atoms with Gasteiger partial charge in [-0.1, -0.05) is 29.8 Å². The van der Waals surface area contributed by atoms with Crippen LogP contribution in [0.15, 0.2) is 41.3 Å². The molecule has 1 aliphatic rings. The lowest BCUT2D eigenvalue weighted by Crippen LogP contribution is -2.36. The Bertz CT molecular complexity index is 999. The molecule has 1 heterocycles. The number of benzene rings is 2. The number of nitrogens with one attached hydrogen (secondary N) is 1. The molecule has 0 aliphatic carbocycles. The number of hydrogen-bond donors (Lipinski definition) is 2. The first-order valence-corrected chi connectivity index (χ1v) is 9.55. The summed E-state index contributed by atoms with van der Waals surface area (Å²) >= 11 is 6.62. The molecule has 2 N–H and O–H groups in total. The minimum atomic E-state index is -0.592. The van der Waals surface area contributed by atoms with Crippen molar-refractivity contribution in [3.8, 4) is 5.75 Å². The van der Waals surface area contributed by atoms with Gasteiger partial charge in [0.05, 0.1) is 4.91 Å². The average Bonchev–Trinajstić information content (AvgIpc) is 2.89. The number of phenols is 1. The molecule has 1 saturated heterocycles. The number of phenolic OH excluding ortho intramolecular Hbond substituents is 1. The maximum atomic E-state index is 12.6. The first-order chi connectivity index (χ1) is 13.3. The molecular formula is C20H17ClN2O4S. The standard InChI is InChI=1S/C20H17ClN2O4S/c1-11-4-3-5-12(2)18(11)22-17(25)10-23-19(26)16(28-20(23)27)9-13-8-14(21)6-7-15(13)24/h3-9,24H,10H2,1-2H3,(H,22,25). The smallest absolute Gasteiger partial charge is 0.294 e. The summed E-state index contributed by atoms with van der Waals surface area (Å²) in [5, 5.41) is 12.5. The van der Waals surface area contributed by atoms with Crippen molar-refractivity contribution < 1.29 is 19.5 Å². The molecule has 2 aromatic carbocycles. The molecule has 0 saturated carbocycles. The fourth-order valence-corrected chi connectivity index (χ4v) is 3.76. The lowest BCUT2D eigenvalue weighted by atomic mass is 10.1. The lowest BCUT2D eigenvalue weighted by molar-refractivity contribution is -0.127. The van der Waals surface area contributed by atoms with Crippen LogP contribution in [-0.4, -0.2) is 33.6 Å². The van der Waals surface area contributed by atoms with Crippen molar-refractivity contribution in [2.75, 3.05) is 11.9 Å². The highest BCUT2D eigenvalue weighted by Crippen LogP contribution is 2.34. The van der Waals surface area contributed by atoms with Crippen LogP contribution < -0.4 is 5.32 Å². The molecule has 1 aliphatic heterocycles. The molecular weight excluding hydrogens is 400 g/mol. The Kier molecular flexibility index (Phi) is 5.76. The number of anilines is 1. The third-order valence-electron chi connectivity index (χ3n) is 4.20. The van der Waals surface area contributed by atoms with Crippen molar-refractivity contribution in [1.82, 2.24) is 4.90 Å². The van der Waals surface area contributed by atoms with E-state index in [2.05, 4.69) is 5.32 Å². The number of thioether (sulfide) groups is 1. The van der Waals surface area contributed by atoms with Gasteiger partial charge in [-0.3, -0.25) is 19.3 Å². The molecule has 2 aromatic rings. The molecule has 0 aromatic heterocycles. The predicted octanol–water partition coefficient (Wildman–Crippen LogP) is 4.34. The summed E-state index contributed by atoms with van der Waals surface area (Å²) in [7, 11) is 0. The highest BCUT2D eigenvalue weighted by molar-refractivity contribution is 8.18. The zero-order valence-electron chi connectivity index (χ0n) is 15.2. The summed E-state index contributed by atoms with van der Waals surface area (Å²) in [6, 6.07) is 10.0. The number of halogens is 1. The Morgan fingerprint density at radius 1 is 1.21 bits per heavy atom. The summed E-state index contributed by atoms with van der Waals surface area (Å²) in [6.07, 6.45) is 1.38. The zero-order chi connectivity index (χ0) is 20.4. The van der Waals surface area contributed by atoms with Crippen molar-refractivity contribution >= 4 is 52.2 Å². The minimum absolute atomic E-state index is 0.0658. The van der Waals surface area contributed by atoms with Gasteiger partial charge in [-0.15, -0.1) is 0 Å². The molecule has 3 amide bonds. The number of hydrogen-bond acceptors (Lipinski definition) is 5. The van der Waals surface area contributed by atoms with Crippen LogP contribution in [0, 0.1) is 13.8 Å². The molecule has 0 spiro atoms. The van der Waals surface area contributed by atoms with E-state index in [-0.39, 0.29) is 10.7 Å². The second kappa shape index (κ2) is 8.08. The number of nitrogens with zero attached hydrogens (tertiary/aromatic N) is 1. The van der Waals surface area contributed by atoms with Crippen LogP contribution in [0.4, 0.5) is 10.5 Å². The monoisotopic (exact) mass is 416 g/mol. The van der Waals surface area contributed by atoms with Gasteiger partial charge >= 0.3 is 0 Å². The summed E-state index contributed by atoms with van der Waals surface area (Å²) in [5.74, 6) is -1.12. The van der Waals surface area contributed by atoms with Gasteiger partial charge in [-0.2, -0.15) is 0 Å². The maximum absolute atomic E-state index is 12.6. The Morgan fingerprint density at radius 3 is 2.57 bits per heavy atom. The highest BCUT2D eigenvalue weighted by Gasteiger charge is 2.36. The van der Waals surface area contributed by atoms with Gasteiger partial charge in [-0.05, 0) is 61.0 Å². The van der Waals surface area contributed by atoms with E-state index < -0.39 is 23.6 Å². The van der Waals surface area contributed by atoms with E-state index >= 15 is 0 Å². The van der Waals surface area contributed by atoms with Crippen molar-refractivity contribution in [1.29, 1.82) is 0 Å². The molecule has 28 heavy (non-hydrogen) atoms. The number of carbonyl (C=O) groups is 3. The van der Waals surface area contributed by atoms with Crippen LogP contribution in [0.5, 0.6) is 5.75 Å². The van der Waals surface area contributed by atoms with Gasteiger partial charge in [0, 0.05) is 16.3 Å². The number of aryl methyl sites for hydroxylation is 2. The maximum Gasteiger partial charge on any atom is 0.294 e. The van der Waals surface area contributed by atoms with Crippen molar-refractivity contribution in [2.45, 2.75) is 13.8 Å². The number of para-hydroxylation sites is 1. The number of carbonyl (C=O) groups excluding carboxylic acids is 3. The van der Waals surface area contributed by atoms with E-state index in [0.29, 0.717) is 28.0 Å². The first kappa shape index (κ1) is 20.0. The van der Waals surface area contributed by atoms with Crippen LogP contribution >= 0.6 is 23.4 Å². The van der Waals surface area contributed by atoms with Crippen molar-refractivity contribution in [2.24, 2.45) is 0 Å². The predicted molar refractivity (Wildman–Crippen MR) is 110 cm³/mol. The van der Waals surface area contributed by atoms with E-state index in [0.717, 1.165) is 16.0 Å². The molecule has 8 heteroatoms. The zero-order valence-corrected chi connectivity index (χ0v) is 16.7. The summed E-state index contributed by atoms with van der Waals surface area (Å²) in [5.41, 5.74) is 2.76. The van der Waals surface area contributed by atoms with Crippen LogP contribution in [0.3, 0.4) is 0 Å². The van der Waals surface area contributed by atoms with E-state index in [1.54, 1.807) is 0 Å². The molecule has 6 nitrogen and oxygen atoms in total. The van der Waals surface area contributed by atoms with Crippen LogP contribution in [0.1, 0.15) is 16.7 Å². The second-order valence-electron chi connectivity index (χ2n) is 6.29. The minimum Gasteiger partial charge on any atom is -0.507 e. The van der Waals surface area contributed by atoms with Crippen molar-refractivity contribution in [3.63, 3.8) is 0 Å². The molecule has 0 bridgehead atoms. The third-order valence-corrected chi connectivity index (χ3v) is 5.34. The highest BCUT2D eigenvalue weighted by atomic mass is 35.5.